The summed E-state index contributed by atoms with van der Waals surface area (Å²) < 4.78 is 13.0. The Kier molecular flexibility index (Phi) is 5.59. The molecular formula is C24H21FN2O2S. The lowest BCUT2D eigenvalue weighted by atomic mass is 10.1. The minimum absolute atomic E-state index is 0.0867. The highest BCUT2D eigenvalue weighted by atomic mass is 32.2. The van der Waals surface area contributed by atoms with Crippen molar-refractivity contribution in [1.29, 1.82) is 0 Å². The van der Waals surface area contributed by atoms with E-state index >= 15 is 0 Å². The molecule has 0 aromatic heterocycles. The summed E-state index contributed by atoms with van der Waals surface area (Å²) in [6, 6.07) is 19.0. The predicted octanol–water partition coefficient (Wildman–Crippen LogP) is 5.47. The predicted molar refractivity (Wildman–Crippen MR) is 119 cm³/mol. The van der Waals surface area contributed by atoms with E-state index in [0.717, 1.165) is 22.4 Å². The molecule has 152 valence electrons. The molecule has 1 saturated heterocycles. The summed E-state index contributed by atoms with van der Waals surface area (Å²) in [4.78, 5) is 26.8. The zero-order chi connectivity index (χ0) is 21.3. The monoisotopic (exact) mass is 420 g/mol. The van der Waals surface area contributed by atoms with E-state index in [0.29, 0.717) is 17.0 Å². The first-order valence-corrected chi connectivity index (χ1v) is 10.6. The first kappa shape index (κ1) is 20.2. The fourth-order valence-electron chi connectivity index (χ4n) is 3.58. The summed E-state index contributed by atoms with van der Waals surface area (Å²) in [6.45, 7) is 4.05. The number of anilines is 2. The third-order valence-corrected chi connectivity index (χ3v) is 6.12. The zero-order valence-electron chi connectivity index (χ0n) is 16.7. The maximum Gasteiger partial charge on any atom is 0.255 e. The van der Waals surface area contributed by atoms with Gasteiger partial charge in [-0.05, 0) is 79.1 Å². The number of aryl methyl sites for hydroxylation is 2. The third kappa shape index (κ3) is 4.24. The second-order valence-corrected chi connectivity index (χ2v) is 8.42. The number of hydrogen-bond donors (Lipinski definition) is 1. The van der Waals surface area contributed by atoms with Crippen LogP contribution in [0.1, 0.15) is 32.4 Å². The van der Waals surface area contributed by atoms with Gasteiger partial charge in [0.25, 0.3) is 5.91 Å². The van der Waals surface area contributed by atoms with Crippen LogP contribution in [0.25, 0.3) is 0 Å². The van der Waals surface area contributed by atoms with Crippen LogP contribution in [0.2, 0.25) is 0 Å². The van der Waals surface area contributed by atoms with Crippen LogP contribution in [0, 0.1) is 19.7 Å². The topological polar surface area (TPSA) is 49.4 Å². The van der Waals surface area contributed by atoms with Gasteiger partial charge < -0.3 is 5.32 Å². The van der Waals surface area contributed by atoms with E-state index in [1.165, 1.54) is 24.3 Å². The number of carbonyl (C=O) groups excluding carboxylic acids is 2. The fourth-order valence-corrected chi connectivity index (χ4v) is 4.75. The van der Waals surface area contributed by atoms with E-state index in [-0.39, 0.29) is 23.0 Å². The molecule has 0 saturated carbocycles. The van der Waals surface area contributed by atoms with Crippen molar-refractivity contribution in [1.82, 2.24) is 0 Å². The second-order valence-electron chi connectivity index (χ2n) is 7.36. The number of rotatable bonds is 4. The normalized spacial score (nSPS) is 16.0. The third-order valence-electron chi connectivity index (χ3n) is 4.91. The van der Waals surface area contributed by atoms with Gasteiger partial charge in [-0.3, -0.25) is 14.5 Å². The summed E-state index contributed by atoms with van der Waals surface area (Å²) in [7, 11) is 0. The molecular weight excluding hydrogens is 399 g/mol. The van der Waals surface area contributed by atoms with Gasteiger partial charge in [-0.2, -0.15) is 0 Å². The molecule has 3 aromatic rings. The molecule has 3 aromatic carbocycles. The first-order valence-electron chi connectivity index (χ1n) is 9.59. The maximum absolute atomic E-state index is 13.0. The Morgan fingerprint density at radius 1 is 1.00 bits per heavy atom. The van der Waals surface area contributed by atoms with E-state index < -0.39 is 0 Å². The van der Waals surface area contributed by atoms with Gasteiger partial charge in [0.2, 0.25) is 5.91 Å². The van der Waals surface area contributed by atoms with E-state index in [9.17, 15) is 14.0 Å². The van der Waals surface area contributed by atoms with Crippen molar-refractivity contribution in [3.8, 4) is 0 Å². The minimum atomic E-state index is -0.382. The van der Waals surface area contributed by atoms with Crippen molar-refractivity contribution in [3.05, 3.63) is 94.8 Å². The summed E-state index contributed by atoms with van der Waals surface area (Å²) in [5.74, 6) is -0.164. The number of thioether (sulfide) groups is 1. The lowest BCUT2D eigenvalue weighted by Gasteiger charge is -2.25. The largest absolute Gasteiger partial charge is 0.322 e. The number of nitrogens with zero attached hydrogens (tertiary/aromatic N) is 1. The van der Waals surface area contributed by atoms with Crippen LogP contribution in [-0.4, -0.2) is 17.6 Å². The minimum Gasteiger partial charge on any atom is -0.322 e. The van der Waals surface area contributed by atoms with Gasteiger partial charge in [-0.15, -0.1) is 11.8 Å². The summed E-state index contributed by atoms with van der Waals surface area (Å²) in [5, 5.41) is 2.70. The van der Waals surface area contributed by atoms with Gasteiger partial charge in [0.05, 0.1) is 5.75 Å². The second kappa shape index (κ2) is 8.32. The van der Waals surface area contributed by atoms with Crippen LogP contribution in [0.15, 0.2) is 66.7 Å². The molecule has 0 aliphatic carbocycles. The van der Waals surface area contributed by atoms with Gasteiger partial charge in [0.15, 0.2) is 0 Å². The molecule has 1 aliphatic heterocycles. The van der Waals surface area contributed by atoms with E-state index in [4.69, 9.17) is 0 Å². The number of hydrogen-bond acceptors (Lipinski definition) is 3. The van der Waals surface area contributed by atoms with Crippen molar-refractivity contribution in [3.63, 3.8) is 0 Å². The van der Waals surface area contributed by atoms with Crippen LogP contribution >= 0.6 is 11.8 Å². The standard InChI is InChI=1S/C24H21FN2O2S/c1-15-11-16(2)13-21(12-15)27-22(28)14-30-24(27)18-5-9-20(10-6-18)26-23(29)17-3-7-19(25)8-4-17/h3-13,24H,14H2,1-2H3,(H,26,29)/t24-/m0/s1. The smallest absolute Gasteiger partial charge is 0.255 e. The fraction of sp³-hybridized carbons (Fsp3) is 0.167. The number of amides is 2. The van der Waals surface area contributed by atoms with E-state index in [1.807, 2.05) is 55.1 Å². The molecule has 1 N–H and O–H groups in total. The molecule has 0 spiro atoms. The molecule has 0 radical (unpaired) electrons. The number of nitrogens with one attached hydrogen (secondary N) is 1. The molecule has 4 nitrogen and oxygen atoms in total. The van der Waals surface area contributed by atoms with Crippen molar-refractivity contribution < 1.29 is 14.0 Å². The quantitative estimate of drug-likeness (QED) is 0.609. The number of halogens is 1. The Bertz CT molecular complexity index is 1080. The average molecular weight is 421 g/mol. The molecule has 4 rings (SSSR count). The zero-order valence-corrected chi connectivity index (χ0v) is 17.5. The van der Waals surface area contributed by atoms with E-state index in [2.05, 4.69) is 11.4 Å². The lowest BCUT2D eigenvalue weighted by molar-refractivity contribution is -0.115. The Labute approximate surface area is 179 Å². The summed E-state index contributed by atoms with van der Waals surface area (Å²) >= 11 is 1.59. The highest BCUT2D eigenvalue weighted by Gasteiger charge is 2.34. The van der Waals surface area contributed by atoms with Crippen LogP contribution in [0.5, 0.6) is 0 Å². The molecule has 1 aliphatic rings. The summed E-state index contributed by atoms with van der Waals surface area (Å²) in [5.41, 5.74) is 5.16. The Hall–Kier alpha value is -3.12. The Morgan fingerprint density at radius 3 is 2.27 bits per heavy atom. The van der Waals surface area contributed by atoms with Crippen molar-refractivity contribution >= 4 is 35.0 Å². The van der Waals surface area contributed by atoms with Crippen molar-refractivity contribution in [2.75, 3.05) is 16.0 Å². The Morgan fingerprint density at radius 2 is 1.63 bits per heavy atom. The molecule has 30 heavy (non-hydrogen) atoms. The van der Waals surface area contributed by atoms with Crippen LogP contribution in [0.3, 0.4) is 0 Å². The number of benzene rings is 3. The Balaban J connectivity index is 1.53. The maximum atomic E-state index is 13.0. The van der Waals surface area contributed by atoms with Gasteiger partial charge in [-0.1, -0.05) is 18.2 Å². The molecule has 1 atom stereocenters. The SMILES string of the molecule is Cc1cc(C)cc(N2C(=O)CS[C@H]2c2ccc(NC(=O)c3ccc(F)cc3)cc2)c1. The highest BCUT2D eigenvalue weighted by molar-refractivity contribution is 8.00. The molecule has 0 unspecified atom stereocenters. The molecule has 1 fully saturated rings. The molecule has 0 bridgehead atoms. The lowest BCUT2D eigenvalue weighted by Crippen LogP contribution is -2.28. The summed E-state index contributed by atoms with van der Waals surface area (Å²) in [6.07, 6.45) is 0. The van der Waals surface area contributed by atoms with Crippen LogP contribution in [-0.2, 0) is 4.79 Å². The molecule has 2 amide bonds. The van der Waals surface area contributed by atoms with Gasteiger partial charge in [-0.25, -0.2) is 4.39 Å². The first-order chi connectivity index (χ1) is 14.4. The average Bonchev–Trinajstić information content (AvgIpc) is 3.10. The molecule has 1 heterocycles. The van der Waals surface area contributed by atoms with Crippen molar-refractivity contribution in [2.24, 2.45) is 0 Å². The highest BCUT2D eigenvalue weighted by Crippen LogP contribution is 2.42. The van der Waals surface area contributed by atoms with Gasteiger partial charge >= 0.3 is 0 Å². The van der Waals surface area contributed by atoms with Crippen LogP contribution in [0.4, 0.5) is 15.8 Å². The van der Waals surface area contributed by atoms with Gasteiger partial charge in [0.1, 0.15) is 11.2 Å². The van der Waals surface area contributed by atoms with Crippen LogP contribution < -0.4 is 10.2 Å². The molecule has 6 heteroatoms. The number of carbonyl (C=O) groups is 2. The van der Waals surface area contributed by atoms with Gasteiger partial charge in [0, 0.05) is 16.9 Å². The van der Waals surface area contributed by atoms with Crippen molar-refractivity contribution in [2.45, 2.75) is 19.2 Å². The van der Waals surface area contributed by atoms with E-state index in [1.54, 1.807) is 11.8 Å².